The van der Waals surface area contributed by atoms with Crippen LogP contribution in [0.3, 0.4) is 0 Å². The van der Waals surface area contributed by atoms with Gasteiger partial charge >= 0.3 is 0 Å². The quantitative estimate of drug-likeness (QED) is 0.263. The Labute approximate surface area is 182 Å². The minimum Gasteiger partial charge on any atom is -0.434 e. The summed E-state index contributed by atoms with van der Waals surface area (Å²) in [5.74, 6) is 0.0283. The van der Waals surface area contributed by atoms with Gasteiger partial charge in [0.15, 0.2) is 11.2 Å². The number of allylic oxidation sites excluding steroid dienone is 2. The number of Topliss-reactive ketones (excluding diaryl/α,β-unsaturated/α-hetero) is 1. The number of fused-ring (bicyclic) bond motifs is 1. The second-order valence-electron chi connectivity index (χ2n) is 7.12. The molecule has 2 heterocycles. The Balaban J connectivity index is 1.69. The van der Waals surface area contributed by atoms with Gasteiger partial charge in [0, 0.05) is 17.3 Å². The van der Waals surface area contributed by atoms with E-state index in [0.29, 0.717) is 22.8 Å². The molecule has 5 rings (SSSR count). The van der Waals surface area contributed by atoms with Crippen LogP contribution >= 0.6 is 0 Å². The number of nitrogens with zero attached hydrogens (tertiary/aromatic N) is 3. The fourth-order valence-corrected chi connectivity index (χ4v) is 3.68. The van der Waals surface area contributed by atoms with Gasteiger partial charge < -0.3 is 15.9 Å². The van der Waals surface area contributed by atoms with Gasteiger partial charge in [-0.15, -0.1) is 0 Å². The van der Waals surface area contributed by atoms with E-state index in [4.69, 9.17) is 26.3 Å². The summed E-state index contributed by atoms with van der Waals surface area (Å²) < 4.78 is 7.90. The van der Waals surface area contributed by atoms with Crippen LogP contribution in [0.4, 0.5) is 0 Å². The number of aromatic nitrogens is 2. The Kier molecular flexibility index (Phi) is 4.52. The smallest absolute Gasteiger partial charge is 0.228 e. The Morgan fingerprint density at radius 3 is 2.44 bits per heavy atom. The van der Waals surface area contributed by atoms with Crippen molar-refractivity contribution in [3.8, 4) is 17.1 Å². The van der Waals surface area contributed by atoms with Crippen LogP contribution in [0.1, 0.15) is 5.69 Å². The zero-order chi connectivity index (χ0) is 22.2. The highest BCUT2D eigenvalue weighted by Crippen LogP contribution is 2.32. The van der Waals surface area contributed by atoms with E-state index in [9.17, 15) is 4.79 Å². The van der Waals surface area contributed by atoms with Crippen molar-refractivity contribution in [2.45, 2.75) is 0 Å². The molecule has 0 spiro atoms. The number of aliphatic imine (C=N–C) groups is 1. The summed E-state index contributed by atoms with van der Waals surface area (Å²) in [6.07, 6.45) is 2.62. The standard InChI is InChI=1S/C24H18N6O2/c25-13-28-21-19(26)17(22(31)20(21)27)11-16-12-18-23(30(16)15-9-5-2-6-10-15)29-24(32-18)14-7-3-1-4-8-14/h1-13,26H,27H2,(H2,25,28)/b17-11-,26-19?. The molecular weight excluding hydrogens is 404 g/mol. The molecular formula is C24H18N6O2. The molecule has 0 aliphatic heterocycles. The number of carbonyl (C=O) groups excluding carboxylic acids is 1. The van der Waals surface area contributed by atoms with Gasteiger partial charge in [-0.1, -0.05) is 36.4 Å². The van der Waals surface area contributed by atoms with Crippen LogP contribution in [0, 0.1) is 5.41 Å². The van der Waals surface area contributed by atoms with Crippen molar-refractivity contribution in [2.75, 3.05) is 0 Å². The molecule has 0 saturated carbocycles. The fraction of sp³-hybridized carbons (Fsp3) is 0. The normalized spacial score (nSPS) is 15.7. The molecule has 0 atom stereocenters. The lowest BCUT2D eigenvalue weighted by Crippen LogP contribution is -2.09. The molecule has 0 saturated heterocycles. The number of nitrogens with one attached hydrogen (secondary N) is 1. The molecule has 1 aliphatic carbocycles. The molecule has 8 nitrogen and oxygen atoms in total. The number of nitrogens with two attached hydrogens (primary N) is 2. The lowest BCUT2D eigenvalue weighted by molar-refractivity contribution is -0.111. The van der Waals surface area contributed by atoms with Gasteiger partial charge in [0.2, 0.25) is 11.7 Å². The number of oxazole rings is 1. The van der Waals surface area contributed by atoms with Crippen molar-refractivity contribution in [2.24, 2.45) is 16.5 Å². The first kappa shape index (κ1) is 19.3. The predicted molar refractivity (Wildman–Crippen MR) is 123 cm³/mol. The third-order valence-electron chi connectivity index (χ3n) is 5.16. The summed E-state index contributed by atoms with van der Waals surface area (Å²) >= 11 is 0. The summed E-state index contributed by atoms with van der Waals surface area (Å²) in [4.78, 5) is 21.3. The van der Waals surface area contributed by atoms with E-state index in [1.165, 1.54) is 0 Å². The van der Waals surface area contributed by atoms with Gasteiger partial charge in [0.25, 0.3) is 0 Å². The number of benzene rings is 2. The third kappa shape index (κ3) is 3.02. The average Bonchev–Trinajstić information content (AvgIpc) is 3.43. The fourth-order valence-electron chi connectivity index (χ4n) is 3.68. The van der Waals surface area contributed by atoms with E-state index >= 15 is 0 Å². The van der Waals surface area contributed by atoms with Crippen LogP contribution in [-0.2, 0) is 4.79 Å². The van der Waals surface area contributed by atoms with E-state index in [2.05, 4.69) is 4.99 Å². The molecule has 0 radical (unpaired) electrons. The highest BCUT2D eigenvalue weighted by atomic mass is 16.3. The minimum atomic E-state index is -0.467. The first-order valence-corrected chi connectivity index (χ1v) is 9.81. The maximum atomic E-state index is 12.7. The maximum Gasteiger partial charge on any atom is 0.228 e. The molecule has 0 unspecified atom stereocenters. The van der Waals surface area contributed by atoms with Gasteiger partial charge in [0.1, 0.15) is 11.4 Å². The monoisotopic (exact) mass is 422 g/mol. The van der Waals surface area contributed by atoms with Crippen molar-refractivity contribution < 1.29 is 9.21 Å². The summed E-state index contributed by atoms with van der Waals surface area (Å²) in [5, 5.41) is 8.35. The van der Waals surface area contributed by atoms with Crippen LogP contribution < -0.4 is 11.5 Å². The molecule has 0 amide bonds. The van der Waals surface area contributed by atoms with E-state index in [1.54, 1.807) is 12.1 Å². The highest BCUT2D eigenvalue weighted by molar-refractivity contribution is 6.40. The topological polar surface area (TPSA) is 136 Å². The Morgan fingerprint density at radius 2 is 1.75 bits per heavy atom. The molecule has 8 heteroatoms. The van der Waals surface area contributed by atoms with Crippen LogP contribution in [0.15, 0.2) is 93.1 Å². The van der Waals surface area contributed by atoms with Crippen LogP contribution in [0.5, 0.6) is 0 Å². The number of para-hydroxylation sites is 1. The summed E-state index contributed by atoms with van der Waals surface area (Å²) in [5.41, 5.74) is 14.7. The van der Waals surface area contributed by atoms with Gasteiger partial charge in [-0.2, -0.15) is 4.98 Å². The Bertz CT molecular complexity index is 1460. The van der Waals surface area contributed by atoms with Crippen molar-refractivity contribution >= 4 is 35.1 Å². The van der Waals surface area contributed by atoms with Crippen LogP contribution in [0.25, 0.3) is 34.4 Å². The average molecular weight is 422 g/mol. The molecule has 2 aromatic carbocycles. The van der Waals surface area contributed by atoms with E-state index in [1.807, 2.05) is 65.2 Å². The summed E-state index contributed by atoms with van der Waals surface area (Å²) in [7, 11) is 0. The maximum absolute atomic E-state index is 12.7. The van der Waals surface area contributed by atoms with Crippen LogP contribution in [-0.4, -0.2) is 27.4 Å². The van der Waals surface area contributed by atoms with Gasteiger partial charge in [-0.3, -0.25) is 14.8 Å². The lowest BCUT2D eigenvalue weighted by Gasteiger charge is -2.07. The van der Waals surface area contributed by atoms with Crippen LogP contribution in [0.2, 0.25) is 0 Å². The Morgan fingerprint density at radius 1 is 1.06 bits per heavy atom. The van der Waals surface area contributed by atoms with Gasteiger partial charge in [-0.25, -0.2) is 4.99 Å². The van der Waals surface area contributed by atoms with Crippen molar-refractivity contribution in [1.29, 1.82) is 5.41 Å². The van der Waals surface area contributed by atoms with Crippen molar-refractivity contribution in [1.82, 2.24) is 9.55 Å². The Hall–Kier alpha value is -4.72. The predicted octanol–water partition coefficient (Wildman–Crippen LogP) is 3.43. The van der Waals surface area contributed by atoms with Crippen molar-refractivity contribution in [3.05, 3.63) is 89.4 Å². The summed E-state index contributed by atoms with van der Waals surface area (Å²) in [6.45, 7) is 0. The first-order valence-electron chi connectivity index (χ1n) is 9.81. The molecule has 5 N–H and O–H groups in total. The van der Waals surface area contributed by atoms with E-state index in [0.717, 1.165) is 17.6 Å². The molecule has 4 aromatic rings. The van der Waals surface area contributed by atoms with Gasteiger partial charge in [-0.05, 0) is 30.3 Å². The second kappa shape index (κ2) is 7.51. The third-order valence-corrected chi connectivity index (χ3v) is 5.16. The molecule has 156 valence electrons. The lowest BCUT2D eigenvalue weighted by atomic mass is 10.1. The molecule has 0 bridgehead atoms. The number of carbonyl (C=O) groups is 1. The SMILES string of the molecule is N=C1C(/N=C\N)=C(N)C(=O)/C1=C\c1cc2oc(-c3ccccc3)nc2n1-c1ccccc1. The molecule has 1 aliphatic rings. The zero-order valence-electron chi connectivity index (χ0n) is 16.8. The van der Waals surface area contributed by atoms with Crippen molar-refractivity contribution in [3.63, 3.8) is 0 Å². The van der Waals surface area contributed by atoms with E-state index in [-0.39, 0.29) is 22.7 Å². The number of hydrogen-bond acceptors (Lipinski definition) is 6. The number of ketones is 1. The highest BCUT2D eigenvalue weighted by Gasteiger charge is 2.32. The first-order chi connectivity index (χ1) is 15.6. The largest absolute Gasteiger partial charge is 0.434 e. The minimum absolute atomic E-state index is 0.0646. The number of hydrogen-bond donors (Lipinski definition) is 3. The molecule has 2 aromatic heterocycles. The summed E-state index contributed by atoms with van der Waals surface area (Å²) in [6, 6.07) is 21.0. The number of rotatable bonds is 4. The molecule has 32 heavy (non-hydrogen) atoms. The zero-order valence-corrected chi connectivity index (χ0v) is 16.8. The van der Waals surface area contributed by atoms with E-state index < -0.39 is 5.78 Å². The van der Waals surface area contributed by atoms with Gasteiger partial charge in [0.05, 0.1) is 23.3 Å². The molecule has 0 fully saturated rings. The second-order valence-corrected chi connectivity index (χ2v) is 7.12.